The van der Waals surface area contributed by atoms with E-state index in [0.29, 0.717) is 17.2 Å². The first-order valence-corrected chi connectivity index (χ1v) is 16.5. The number of hydrogen-bond acceptors (Lipinski definition) is 5. The fourth-order valence-electron chi connectivity index (χ4n) is 4.81. The predicted octanol–water partition coefficient (Wildman–Crippen LogP) is 6.10. The smallest absolute Gasteiger partial charge is 0.264 e. The Labute approximate surface area is 270 Å². The summed E-state index contributed by atoms with van der Waals surface area (Å²) in [7, 11) is -2.76. The predicted molar refractivity (Wildman–Crippen MR) is 178 cm³/mol. The third-order valence-electron chi connectivity index (χ3n) is 7.49. The van der Waals surface area contributed by atoms with Crippen LogP contribution in [0.2, 0.25) is 5.02 Å². The minimum Gasteiger partial charge on any atom is -0.497 e. The van der Waals surface area contributed by atoms with Gasteiger partial charge in [0.15, 0.2) is 0 Å². The van der Waals surface area contributed by atoms with Crippen molar-refractivity contribution in [3.63, 3.8) is 0 Å². The highest BCUT2D eigenvalue weighted by molar-refractivity contribution is 7.92. The van der Waals surface area contributed by atoms with Crippen LogP contribution in [-0.2, 0) is 32.6 Å². The van der Waals surface area contributed by atoms with Gasteiger partial charge in [-0.2, -0.15) is 0 Å². The molecule has 0 saturated carbocycles. The van der Waals surface area contributed by atoms with E-state index in [1.165, 1.54) is 30.2 Å². The van der Waals surface area contributed by atoms with Gasteiger partial charge in [-0.15, -0.1) is 0 Å². The third kappa shape index (κ3) is 8.86. The molecule has 0 heterocycles. The molecule has 2 unspecified atom stereocenters. The number of carbonyl (C=O) groups is 2. The summed E-state index contributed by atoms with van der Waals surface area (Å²) in [6.45, 7) is 3.40. The average molecular weight is 648 g/mol. The average Bonchev–Trinajstić information content (AvgIpc) is 3.05. The van der Waals surface area contributed by atoms with Gasteiger partial charge in [-0.25, -0.2) is 8.42 Å². The number of ether oxygens (including phenoxy) is 1. The maximum Gasteiger partial charge on any atom is 0.264 e. The molecule has 2 atom stereocenters. The zero-order valence-corrected chi connectivity index (χ0v) is 27.2. The number of anilines is 1. The van der Waals surface area contributed by atoms with Crippen molar-refractivity contribution in [3.05, 3.63) is 125 Å². The van der Waals surface area contributed by atoms with Crippen LogP contribution in [0.15, 0.2) is 114 Å². The normalized spacial score (nSPS) is 12.5. The lowest BCUT2D eigenvalue weighted by Gasteiger charge is -2.34. The monoisotopic (exact) mass is 647 g/mol. The molecule has 4 aromatic carbocycles. The lowest BCUT2D eigenvalue weighted by atomic mass is 10.0. The van der Waals surface area contributed by atoms with Crippen molar-refractivity contribution in [1.29, 1.82) is 0 Å². The van der Waals surface area contributed by atoms with Gasteiger partial charge in [0, 0.05) is 24.0 Å². The molecule has 236 valence electrons. The van der Waals surface area contributed by atoms with E-state index in [1.54, 1.807) is 30.3 Å². The van der Waals surface area contributed by atoms with Gasteiger partial charge in [0.05, 0.1) is 17.7 Å². The quantitative estimate of drug-likeness (QED) is 0.179. The summed E-state index contributed by atoms with van der Waals surface area (Å²) in [6.07, 6.45) is 0.948. The molecule has 0 aliphatic rings. The van der Waals surface area contributed by atoms with Crippen LogP contribution in [0, 0.1) is 0 Å². The summed E-state index contributed by atoms with van der Waals surface area (Å²) in [6, 6.07) is 30.0. The Morgan fingerprint density at radius 3 is 2.07 bits per heavy atom. The number of nitrogens with one attached hydrogen (secondary N) is 1. The largest absolute Gasteiger partial charge is 0.497 e. The number of sulfonamides is 1. The van der Waals surface area contributed by atoms with E-state index in [2.05, 4.69) is 5.32 Å². The zero-order valence-electron chi connectivity index (χ0n) is 25.6. The van der Waals surface area contributed by atoms with E-state index < -0.39 is 28.5 Å². The highest BCUT2D eigenvalue weighted by Gasteiger charge is 2.35. The van der Waals surface area contributed by atoms with Gasteiger partial charge in [0.25, 0.3) is 10.0 Å². The molecule has 0 radical (unpaired) electrons. The van der Waals surface area contributed by atoms with Crippen LogP contribution in [0.1, 0.15) is 31.4 Å². The lowest BCUT2D eigenvalue weighted by molar-refractivity contribution is -0.140. The Hall–Kier alpha value is -4.34. The zero-order chi connectivity index (χ0) is 32.4. The van der Waals surface area contributed by atoms with Gasteiger partial charge in [0.2, 0.25) is 11.8 Å². The SMILES string of the molecule is CCC(C)NC(=O)C(Cc1ccccc1)N(Cc1ccccc1)C(=O)CN(c1cccc(Cl)c1)S(=O)(=O)c1ccc(OC)cc1. The Kier molecular flexibility index (Phi) is 11.6. The van der Waals surface area contributed by atoms with Crippen LogP contribution in [0.25, 0.3) is 0 Å². The van der Waals surface area contributed by atoms with Gasteiger partial charge in [-0.05, 0) is 66.9 Å². The number of halogens is 1. The molecule has 2 amide bonds. The molecular weight excluding hydrogens is 610 g/mol. The molecule has 4 rings (SSSR count). The minimum absolute atomic E-state index is 0.0268. The lowest BCUT2D eigenvalue weighted by Crippen LogP contribution is -2.54. The fourth-order valence-corrected chi connectivity index (χ4v) is 6.40. The molecule has 45 heavy (non-hydrogen) atoms. The van der Waals surface area contributed by atoms with Gasteiger partial charge < -0.3 is 15.0 Å². The van der Waals surface area contributed by atoms with Crippen molar-refractivity contribution in [1.82, 2.24) is 10.2 Å². The highest BCUT2D eigenvalue weighted by atomic mass is 35.5. The summed E-state index contributed by atoms with van der Waals surface area (Å²) >= 11 is 6.29. The van der Waals surface area contributed by atoms with Gasteiger partial charge in [0.1, 0.15) is 18.3 Å². The number of methoxy groups -OCH3 is 1. The van der Waals surface area contributed by atoms with E-state index in [1.807, 2.05) is 74.5 Å². The summed E-state index contributed by atoms with van der Waals surface area (Å²) in [5, 5.41) is 3.35. The molecule has 1 N–H and O–H groups in total. The van der Waals surface area contributed by atoms with Crippen LogP contribution in [-0.4, -0.2) is 50.9 Å². The van der Waals surface area contributed by atoms with Crippen LogP contribution >= 0.6 is 11.6 Å². The Morgan fingerprint density at radius 2 is 1.49 bits per heavy atom. The number of hydrogen-bond donors (Lipinski definition) is 1. The molecule has 0 aliphatic carbocycles. The number of carbonyl (C=O) groups excluding carboxylic acids is 2. The maximum absolute atomic E-state index is 14.5. The molecule has 8 nitrogen and oxygen atoms in total. The Bertz CT molecular complexity index is 1670. The van der Waals surface area contributed by atoms with Crippen LogP contribution < -0.4 is 14.4 Å². The second-order valence-corrected chi connectivity index (χ2v) is 13.0. The van der Waals surface area contributed by atoms with Crippen molar-refractivity contribution in [2.75, 3.05) is 18.0 Å². The summed E-state index contributed by atoms with van der Waals surface area (Å²) in [5.41, 5.74) is 1.88. The molecule has 10 heteroatoms. The first-order valence-electron chi connectivity index (χ1n) is 14.7. The van der Waals surface area contributed by atoms with E-state index in [-0.39, 0.29) is 35.5 Å². The highest BCUT2D eigenvalue weighted by Crippen LogP contribution is 2.28. The Morgan fingerprint density at radius 1 is 0.867 bits per heavy atom. The van der Waals surface area contributed by atoms with Crippen molar-refractivity contribution >= 4 is 39.1 Å². The number of amides is 2. The summed E-state index contributed by atoms with van der Waals surface area (Å²) in [4.78, 5) is 29.8. The standard InChI is InChI=1S/C35H38ClN3O5S/c1-4-26(2)37-35(41)33(22-27-12-7-5-8-13-27)38(24-28-14-9-6-10-15-28)34(40)25-39(30-17-11-16-29(36)23-30)45(42,43)32-20-18-31(44-3)19-21-32/h5-21,23,26,33H,4,22,24-25H2,1-3H3,(H,37,41). The van der Waals surface area contributed by atoms with E-state index >= 15 is 0 Å². The van der Waals surface area contributed by atoms with E-state index in [0.717, 1.165) is 15.4 Å². The van der Waals surface area contributed by atoms with Crippen molar-refractivity contribution in [3.8, 4) is 5.75 Å². The number of nitrogens with zero attached hydrogens (tertiary/aromatic N) is 2. The molecule has 0 aromatic heterocycles. The van der Waals surface area contributed by atoms with Gasteiger partial charge in [-0.3, -0.25) is 13.9 Å². The van der Waals surface area contributed by atoms with E-state index in [9.17, 15) is 18.0 Å². The molecule has 0 spiro atoms. The van der Waals surface area contributed by atoms with Gasteiger partial charge >= 0.3 is 0 Å². The molecular formula is C35H38ClN3O5S. The fraction of sp³-hybridized carbons (Fsp3) is 0.257. The topological polar surface area (TPSA) is 96.0 Å². The van der Waals surface area contributed by atoms with Crippen LogP contribution in [0.4, 0.5) is 5.69 Å². The third-order valence-corrected chi connectivity index (χ3v) is 9.51. The number of rotatable bonds is 14. The second-order valence-electron chi connectivity index (χ2n) is 10.7. The van der Waals surface area contributed by atoms with Gasteiger partial charge in [-0.1, -0.05) is 85.3 Å². The molecule has 4 aromatic rings. The second kappa shape index (κ2) is 15.6. The van der Waals surface area contributed by atoms with E-state index in [4.69, 9.17) is 16.3 Å². The minimum atomic E-state index is -4.25. The first-order chi connectivity index (χ1) is 21.6. The van der Waals surface area contributed by atoms with Crippen molar-refractivity contribution in [2.45, 2.75) is 50.2 Å². The van der Waals surface area contributed by atoms with Crippen molar-refractivity contribution in [2.24, 2.45) is 0 Å². The molecule has 0 aliphatic heterocycles. The maximum atomic E-state index is 14.5. The number of benzene rings is 4. The first kappa shape index (κ1) is 33.6. The van der Waals surface area contributed by atoms with Crippen molar-refractivity contribution < 1.29 is 22.7 Å². The Balaban J connectivity index is 1.79. The molecule has 0 fully saturated rings. The van der Waals surface area contributed by atoms with Crippen LogP contribution in [0.5, 0.6) is 5.75 Å². The molecule has 0 saturated heterocycles. The summed E-state index contributed by atoms with van der Waals surface area (Å²) < 4.78 is 34.5. The van der Waals surface area contributed by atoms with Crippen LogP contribution in [0.3, 0.4) is 0 Å². The summed E-state index contributed by atoms with van der Waals surface area (Å²) in [5.74, 6) is -0.370. The molecule has 0 bridgehead atoms.